The van der Waals surface area contributed by atoms with Gasteiger partial charge in [0.1, 0.15) is 5.52 Å². The van der Waals surface area contributed by atoms with Gasteiger partial charge in [0.2, 0.25) is 0 Å². The van der Waals surface area contributed by atoms with Gasteiger partial charge in [0.05, 0.1) is 28.3 Å². The van der Waals surface area contributed by atoms with Crippen LogP contribution >= 0.6 is 11.6 Å². The largest absolute Gasteiger partial charge is 0.443 e. The molecule has 0 radical (unpaired) electrons. The Kier molecular flexibility index (Phi) is 4.62. The van der Waals surface area contributed by atoms with Crippen LogP contribution in [0.2, 0.25) is 0 Å². The third-order valence-corrected chi connectivity index (χ3v) is 11.5. The molecule has 7 heteroatoms. The fraction of sp³-hybridized carbons (Fsp3) is 0.679. The van der Waals surface area contributed by atoms with Gasteiger partial charge < -0.3 is 24.3 Å². The average molecular weight is 499 g/mol. The fourth-order valence-electron chi connectivity index (χ4n) is 9.03. The molecule has 35 heavy (non-hydrogen) atoms. The van der Waals surface area contributed by atoms with Gasteiger partial charge in [-0.25, -0.2) is 4.98 Å². The van der Waals surface area contributed by atoms with Gasteiger partial charge in [-0.15, -0.1) is 11.6 Å². The Morgan fingerprint density at radius 3 is 2.71 bits per heavy atom. The summed E-state index contributed by atoms with van der Waals surface area (Å²) in [5.41, 5.74) is 3.39. The molecule has 3 aliphatic carbocycles. The normalized spacial score (nSPS) is 48.5. The second-order valence-corrected chi connectivity index (χ2v) is 13.1. The number of halogens is 1. The van der Waals surface area contributed by atoms with Crippen LogP contribution in [0.4, 0.5) is 0 Å². The van der Waals surface area contributed by atoms with E-state index >= 15 is 0 Å². The first-order chi connectivity index (χ1) is 16.6. The lowest BCUT2D eigenvalue weighted by molar-refractivity contribution is -0.276. The molecule has 2 aliphatic heterocycles. The van der Waals surface area contributed by atoms with Crippen molar-refractivity contribution in [2.75, 3.05) is 14.1 Å². The van der Waals surface area contributed by atoms with Crippen LogP contribution in [0.3, 0.4) is 0 Å². The number of rotatable bonds is 2. The van der Waals surface area contributed by atoms with Crippen molar-refractivity contribution in [2.24, 2.45) is 17.3 Å². The molecule has 188 valence electrons. The first-order valence-electron chi connectivity index (χ1n) is 13.1. The molecule has 0 amide bonds. The number of aliphatic hydroxyl groups is 2. The van der Waals surface area contributed by atoms with Crippen molar-refractivity contribution in [2.45, 2.75) is 86.2 Å². The third kappa shape index (κ3) is 2.73. The van der Waals surface area contributed by atoms with Crippen molar-refractivity contribution in [3.05, 3.63) is 36.2 Å². The molecule has 2 saturated carbocycles. The highest BCUT2D eigenvalue weighted by molar-refractivity contribution is 6.25. The molecule has 2 spiro atoms. The number of likely N-dealkylation sites (N-methyl/N-ethyl adjacent to an activating group) is 1. The van der Waals surface area contributed by atoms with E-state index in [0.29, 0.717) is 6.42 Å². The van der Waals surface area contributed by atoms with Crippen molar-refractivity contribution in [3.63, 3.8) is 0 Å². The summed E-state index contributed by atoms with van der Waals surface area (Å²) in [7, 11) is 3.96. The summed E-state index contributed by atoms with van der Waals surface area (Å²) in [6.45, 7) is 2.40. The third-order valence-electron chi connectivity index (χ3n) is 10.8. The smallest absolute Gasteiger partial charge is 0.181 e. The molecule has 1 aromatic carbocycles. The number of alkyl halides is 1. The van der Waals surface area contributed by atoms with Gasteiger partial charge in [0.25, 0.3) is 0 Å². The maximum absolute atomic E-state index is 11.3. The summed E-state index contributed by atoms with van der Waals surface area (Å²) in [6, 6.07) is 6.19. The molecule has 1 aromatic heterocycles. The zero-order valence-corrected chi connectivity index (χ0v) is 21.5. The second kappa shape index (κ2) is 7.11. The number of aromatic nitrogens is 1. The van der Waals surface area contributed by atoms with Crippen molar-refractivity contribution < 1.29 is 19.4 Å². The summed E-state index contributed by atoms with van der Waals surface area (Å²) >= 11 is 7.60. The predicted molar refractivity (Wildman–Crippen MR) is 134 cm³/mol. The number of nitrogens with zero attached hydrogens (tertiary/aromatic N) is 2. The van der Waals surface area contributed by atoms with Gasteiger partial charge in [0.15, 0.2) is 12.0 Å². The van der Waals surface area contributed by atoms with Crippen LogP contribution in [0.1, 0.15) is 57.4 Å². The molecule has 5 aliphatic rings. The monoisotopic (exact) mass is 498 g/mol. The van der Waals surface area contributed by atoms with E-state index in [1.807, 2.05) is 25.1 Å². The molecule has 2 bridgehead atoms. The summed E-state index contributed by atoms with van der Waals surface area (Å²) in [5, 5.41) is 22.2. The molecule has 4 fully saturated rings. The van der Waals surface area contributed by atoms with Gasteiger partial charge in [0, 0.05) is 17.9 Å². The Balaban J connectivity index is 1.28. The van der Waals surface area contributed by atoms with Crippen molar-refractivity contribution in [1.82, 2.24) is 9.88 Å². The van der Waals surface area contributed by atoms with Gasteiger partial charge in [-0.05, 0) is 87.7 Å². The highest BCUT2D eigenvalue weighted by Gasteiger charge is 2.76. The SMILES string of the molecule is CN(C)[C@H]1C[C@@]23CC[C@]4(O2)C2CC=C(c5ccc6ocnc6c5)[C@@]2(C)CCC4(Cl)CC3[C@@H](O)[C@@H]1O. The molecule has 2 saturated heterocycles. The van der Waals surface area contributed by atoms with E-state index in [1.54, 1.807) is 0 Å². The Hall–Kier alpha value is -1.44. The summed E-state index contributed by atoms with van der Waals surface area (Å²) in [5.74, 6) is 0.154. The van der Waals surface area contributed by atoms with E-state index in [1.165, 1.54) is 17.5 Å². The summed E-state index contributed by atoms with van der Waals surface area (Å²) < 4.78 is 12.8. The van der Waals surface area contributed by atoms with Crippen LogP contribution in [-0.4, -0.2) is 68.5 Å². The number of fused-ring (bicyclic) bond motifs is 2. The van der Waals surface area contributed by atoms with Gasteiger partial charge in [-0.1, -0.05) is 19.1 Å². The van der Waals surface area contributed by atoms with Crippen molar-refractivity contribution in [3.8, 4) is 0 Å². The zero-order chi connectivity index (χ0) is 24.4. The number of allylic oxidation sites excluding steroid dienone is 2. The Morgan fingerprint density at radius 2 is 1.91 bits per heavy atom. The van der Waals surface area contributed by atoms with Gasteiger partial charge in [-0.2, -0.15) is 0 Å². The number of benzene rings is 1. The average Bonchev–Trinajstić information content (AvgIpc) is 3.52. The minimum absolute atomic E-state index is 0.0398. The number of aliphatic hydroxyl groups excluding tert-OH is 2. The lowest BCUT2D eigenvalue weighted by Gasteiger charge is -2.65. The molecule has 2 N–H and O–H groups in total. The number of hydrogen-bond acceptors (Lipinski definition) is 6. The number of ether oxygens (including phenoxy) is 1. The van der Waals surface area contributed by atoms with Crippen molar-refractivity contribution in [1.29, 1.82) is 0 Å². The van der Waals surface area contributed by atoms with Crippen LogP contribution in [0.5, 0.6) is 0 Å². The minimum Gasteiger partial charge on any atom is -0.443 e. The number of oxazole rings is 1. The molecule has 7 rings (SSSR count). The van der Waals surface area contributed by atoms with E-state index in [-0.39, 0.29) is 23.3 Å². The Morgan fingerprint density at radius 1 is 1.09 bits per heavy atom. The van der Waals surface area contributed by atoms with Gasteiger partial charge in [-0.3, -0.25) is 0 Å². The van der Waals surface area contributed by atoms with Gasteiger partial charge >= 0.3 is 0 Å². The molecular weight excluding hydrogens is 464 g/mol. The highest BCUT2D eigenvalue weighted by atomic mass is 35.5. The van der Waals surface area contributed by atoms with E-state index in [2.05, 4.69) is 30.1 Å². The molecular formula is C28H35ClN2O4. The van der Waals surface area contributed by atoms with Crippen LogP contribution < -0.4 is 0 Å². The summed E-state index contributed by atoms with van der Waals surface area (Å²) in [6.07, 6.45) is 8.35. The van der Waals surface area contributed by atoms with Crippen LogP contribution in [0, 0.1) is 17.3 Å². The van der Waals surface area contributed by atoms with Crippen LogP contribution in [0.15, 0.2) is 35.1 Å². The Bertz CT molecular complexity index is 1230. The molecule has 3 heterocycles. The van der Waals surface area contributed by atoms with E-state index in [4.69, 9.17) is 20.8 Å². The first kappa shape index (κ1) is 22.7. The topological polar surface area (TPSA) is 79.0 Å². The standard InChI is InChI=1S/C28H35ClN2O4/c1-25-8-10-27(29)13-18-23(32)24(33)20(31(2)3)14-26(18)9-11-28(27,35-26)22(25)7-5-17(25)16-4-6-21-19(12-16)30-15-34-21/h4-6,12,15,18,20,22-24,32-33H,7-11,13-14H2,1-3H3/t18?,20-,22?,23+,24+,25+,26+,27?,28-/m0/s1. The van der Waals surface area contributed by atoms with Crippen LogP contribution in [-0.2, 0) is 4.74 Å². The zero-order valence-electron chi connectivity index (χ0n) is 20.7. The second-order valence-electron chi connectivity index (χ2n) is 12.4. The van der Waals surface area contributed by atoms with Crippen LogP contribution in [0.25, 0.3) is 16.7 Å². The maximum atomic E-state index is 11.3. The fourth-order valence-corrected chi connectivity index (χ4v) is 9.56. The minimum atomic E-state index is -0.817. The number of hydrogen-bond donors (Lipinski definition) is 2. The maximum Gasteiger partial charge on any atom is 0.181 e. The lowest BCUT2D eigenvalue weighted by Crippen LogP contribution is -2.72. The van der Waals surface area contributed by atoms with Crippen molar-refractivity contribution >= 4 is 28.3 Å². The molecule has 2 aromatic rings. The van der Waals surface area contributed by atoms with E-state index in [0.717, 1.165) is 49.6 Å². The quantitative estimate of drug-likeness (QED) is 0.598. The lowest BCUT2D eigenvalue weighted by atomic mass is 9.52. The molecule has 3 unspecified atom stereocenters. The van der Waals surface area contributed by atoms with E-state index in [9.17, 15) is 10.2 Å². The Labute approximate surface area is 211 Å². The van der Waals surface area contributed by atoms with E-state index < -0.39 is 28.3 Å². The summed E-state index contributed by atoms with van der Waals surface area (Å²) in [4.78, 5) is 5.90. The first-order valence-corrected chi connectivity index (χ1v) is 13.5. The molecule has 9 atom stereocenters. The highest BCUT2D eigenvalue weighted by Crippen LogP contribution is 2.73. The molecule has 6 nitrogen and oxygen atoms in total. The predicted octanol–water partition coefficient (Wildman–Crippen LogP) is 4.37.